The first-order chi connectivity index (χ1) is 7.25. The zero-order valence-corrected chi connectivity index (χ0v) is 9.03. The third-order valence-electron chi connectivity index (χ3n) is 1.84. The van der Waals surface area contributed by atoms with Crippen molar-refractivity contribution in [1.82, 2.24) is 9.97 Å². The molecule has 3 nitrogen and oxygen atoms in total. The van der Waals surface area contributed by atoms with Crippen LogP contribution < -0.4 is 0 Å². The molecule has 1 heterocycles. The Morgan fingerprint density at radius 3 is 2.73 bits per heavy atom. The number of rotatable bonds is 2. The van der Waals surface area contributed by atoms with Gasteiger partial charge in [-0.1, -0.05) is 12.1 Å². The van der Waals surface area contributed by atoms with Gasteiger partial charge in [-0.05, 0) is 36.9 Å². The van der Waals surface area contributed by atoms with Crippen molar-refractivity contribution in [3.63, 3.8) is 0 Å². The monoisotopic (exact) mass is 218 g/mol. The fourth-order valence-corrected chi connectivity index (χ4v) is 1.94. The molecule has 15 heavy (non-hydrogen) atoms. The quantitative estimate of drug-likeness (QED) is 0.787. The van der Waals surface area contributed by atoms with E-state index in [2.05, 4.69) is 9.97 Å². The predicted molar refractivity (Wildman–Crippen MR) is 59.0 cm³/mol. The summed E-state index contributed by atoms with van der Waals surface area (Å²) >= 11 is 1.36. The van der Waals surface area contributed by atoms with E-state index in [1.54, 1.807) is 18.3 Å². The molecular formula is C11H10N2OS. The highest BCUT2D eigenvalue weighted by Crippen LogP contribution is 2.31. The Hall–Kier alpha value is -1.55. The Morgan fingerprint density at radius 1 is 1.20 bits per heavy atom. The van der Waals surface area contributed by atoms with E-state index in [0.717, 1.165) is 10.6 Å². The minimum atomic E-state index is 0.257. The van der Waals surface area contributed by atoms with Crippen molar-refractivity contribution >= 4 is 11.8 Å². The molecule has 0 saturated carbocycles. The maximum absolute atomic E-state index is 9.56. The van der Waals surface area contributed by atoms with Crippen LogP contribution in [0.2, 0.25) is 0 Å². The van der Waals surface area contributed by atoms with E-state index in [0.29, 0.717) is 5.16 Å². The summed E-state index contributed by atoms with van der Waals surface area (Å²) in [4.78, 5) is 9.13. The van der Waals surface area contributed by atoms with E-state index in [1.807, 2.05) is 25.1 Å². The molecule has 76 valence electrons. The molecule has 4 heteroatoms. The largest absolute Gasteiger partial charge is 0.507 e. The van der Waals surface area contributed by atoms with Gasteiger partial charge in [-0.15, -0.1) is 0 Å². The highest BCUT2D eigenvalue weighted by atomic mass is 32.2. The third kappa shape index (κ3) is 2.47. The summed E-state index contributed by atoms with van der Waals surface area (Å²) in [5.74, 6) is 0.257. The van der Waals surface area contributed by atoms with Crippen LogP contribution in [0.5, 0.6) is 5.75 Å². The average Bonchev–Trinajstić information content (AvgIpc) is 2.22. The van der Waals surface area contributed by atoms with Crippen molar-refractivity contribution in [3.8, 4) is 5.75 Å². The highest BCUT2D eigenvalue weighted by Gasteiger charge is 2.04. The lowest BCUT2D eigenvalue weighted by Crippen LogP contribution is -1.87. The van der Waals surface area contributed by atoms with Crippen molar-refractivity contribution in [2.75, 3.05) is 0 Å². The van der Waals surface area contributed by atoms with Crippen LogP contribution in [0.3, 0.4) is 0 Å². The smallest absolute Gasteiger partial charge is 0.192 e. The number of phenols is 1. The summed E-state index contributed by atoms with van der Waals surface area (Å²) in [7, 11) is 0. The first-order valence-corrected chi connectivity index (χ1v) is 5.33. The number of benzene rings is 1. The van der Waals surface area contributed by atoms with E-state index in [1.165, 1.54) is 11.8 Å². The Kier molecular flexibility index (Phi) is 2.87. The van der Waals surface area contributed by atoms with Gasteiger partial charge in [0.05, 0.1) is 4.90 Å². The normalized spacial score (nSPS) is 10.2. The van der Waals surface area contributed by atoms with E-state index in [4.69, 9.17) is 0 Å². The molecule has 0 aliphatic carbocycles. The summed E-state index contributed by atoms with van der Waals surface area (Å²) in [5, 5.41) is 10.2. The van der Waals surface area contributed by atoms with Crippen LogP contribution in [0, 0.1) is 6.92 Å². The van der Waals surface area contributed by atoms with Crippen LogP contribution in [0.15, 0.2) is 46.6 Å². The maximum Gasteiger partial charge on any atom is 0.192 e. The second kappa shape index (κ2) is 4.31. The summed E-state index contributed by atoms with van der Waals surface area (Å²) in [6.45, 7) is 1.91. The number of para-hydroxylation sites is 1. The summed E-state index contributed by atoms with van der Waals surface area (Å²) in [6, 6.07) is 8.99. The molecule has 0 saturated heterocycles. The van der Waals surface area contributed by atoms with Crippen molar-refractivity contribution < 1.29 is 5.11 Å². The number of aromatic nitrogens is 2. The summed E-state index contributed by atoms with van der Waals surface area (Å²) < 4.78 is 0. The minimum absolute atomic E-state index is 0.257. The fraction of sp³-hybridized carbons (Fsp3) is 0.0909. The van der Waals surface area contributed by atoms with Gasteiger partial charge in [0.1, 0.15) is 5.75 Å². The summed E-state index contributed by atoms with van der Waals surface area (Å²) in [5.41, 5.74) is 0.919. The Morgan fingerprint density at radius 2 is 2.00 bits per heavy atom. The molecule has 2 aromatic rings. The molecule has 2 rings (SSSR count). The van der Waals surface area contributed by atoms with Gasteiger partial charge in [0.2, 0.25) is 0 Å². The van der Waals surface area contributed by atoms with Crippen molar-refractivity contribution in [3.05, 3.63) is 42.2 Å². The second-order valence-corrected chi connectivity index (χ2v) is 4.06. The number of aryl methyl sites for hydroxylation is 1. The van der Waals surface area contributed by atoms with Crippen LogP contribution >= 0.6 is 11.8 Å². The van der Waals surface area contributed by atoms with E-state index < -0.39 is 0 Å². The number of hydrogen-bond donors (Lipinski definition) is 1. The molecule has 0 amide bonds. The van der Waals surface area contributed by atoms with E-state index in [-0.39, 0.29) is 5.75 Å². The van der Waals surface area contributed by atoms with E-state index in [9.17, 15) is 5.11 Å². The van der Waals surface area contributed by atoms with Crippen molar-refractivity contribution in [2.24, 2.45) is 0 Å². The lowest BCUT2D eigenvalue weighted by Gasteiger charge is -2.02. The SMILES string of the molecule is Cc1ccnc(Sc2ccccc2O)n1. The van der Waals surface area contributed by atoms with Gasteiger partial charge < -0.3 is 5.11 Å². The molecule has 0 bridgehead atoms. The molecule has 0 radical (unpaired) electrons. The Labute approximate surface area is 92.2 Å². The van der Waals surface area contributed by atoms with Crippen LogP contribution in [0.1, 0.15) is 5.69 Å². The molecule has 0 unspecified atom stereocenters. The zero-order valence-electron chi connectivity index (χ0n) is 8.21. The molecule has 1 aromatic carbocycles. The van der Waals surface area contributed by atoms with Gasteiger partial charge in [0.25, 0.3) is 0 Å². The lowest BCUT2D eigenvalue weighted by atomic mass is 10.3. The number of nitrogens with zero attached hydrogens (tertiary/aromatic N) is 2. The summed E-state index contributed by atoms with van der Waals surface area (Å²) in [6.07, 6.45) is 1.71. The first kappa shape index (κ1) is 9.98. The number of aromatic hydroxyl groups is 1. The standard InChI is InChI=1S/C11H10N2OS/c1-8-6-7-12-11(13-8)15-10-5-3-2-4-9(10)14/h2-7,14H,1H3. The number of phenolic OH excluding ortho intramolecular Hbond substituents is 1. The predicted octanol–water partition coefficient (Wildman–Crippen LogP) is 2.64. The zero-order chi connectivity index (χ0) is 10.7. The third-order valence-corrected chi connectivity index (χ3v) is 2.78. The highest BCUT2D eigenvalue weighted by molar-refractivity contribution is 7.99. The van der Waals surface area contributed by atoms with Gasteiger partial charge in [-0.25, -0.2) is 9.97 Å². The fourth-order valence-electron chi connectivity index (χ4n) is 1.12. The van der Waals surface area contributed by atoms with Crippen LogP contribution in [0.4, 0.5) is 0 Å². The number of hydrogen-bond acceptors (Lipinski definition) is 4. The Balaban J connectivity index is 2.26. The van der Waals surface area contributed by atoms with Gasteiger partial charge >= 0.3 is 0 Å². The lowest BCUT2D eigenvalue weighted by molar-refractivity contribution is 0.462. The maximum atomic E-state index is 9.56. The van der Waals surface area contributed by atoms with E-state index >= 15 is 0 Å². The van der Waals surface area contributed by atoms with Crippen molar-refractivity contribution in [2.45, 2.75) is 17.0 Å². The molecule has 0 fully saturated rings. The van der Waals surface area contributed by atoms with Gasteiger partial charge in [-0.2, -0.15) is 0 Å². The van der Waals surface area contributed by atoms with Crippen LogP contribution in [-0.4, -0.2) is 15.1 Å². The first-order valence-electron chi connectivity index (χ1n) is 4.51. The van der Waals surface area contributed by atoms with Crippen molar-refractivity contribution in [1.29, 1.82) is 0 Å². The molecule has 0 aliphatic rings. The molecule has 0 atom stereocenters. The van der Waals surface area contributed by atoms with Gasteiger partial charge in [-0.3, -0.25) is 0 Å². The second-order valence-electron chi connectivity index (χ2n) is 3.05. The molecule has 0 aliphatic heterocycles. The van der Waals surface area contributed by atoms with Gasteiger partial charge in [0, 0.05) is 11.9 Å². The molecule has 1 aromatic heterocycles. The molecular weight excluding hydrogens is 208 g/mol. The average molecular weight is 218 g/mol. The minimum Gasteiger partial charge on any atom is -0.507 e. The topological polar surface area (TPSA) is 46.0 Å². The molecule has 1 N–H and O–H groups in total. The Bertz CT molecular complexity index is 474. The van der Waals surface area contributed by atoms with Gasteiger partial charge in [0.15, 0.2) is 5.16 Å². The van der Waals surface area contributed by atoms with Crippen LogP contribution in [-0.2, 0) is 0 Å². The van der Waals surface area contributed by atoms with Crippen LogP contribution in [0.25, 0.3) is 0 Å². The molecule has 0 spiro atoms.